The highest BCUT2D eigenvalue weighted by molar-refractivity contribution is 5.89. The highest BCUT2D eigenvalue weighted by Gasteiger charge is 2.14. The van der Waals surface area contributed by atoms with Crippen LogP contribution in [-0.4, -0.2) is 17.0 Å². The second kappa shape index (κ2) is 6.70. The van der Waals surface area contributed by atoms with Crippen molar-refractivity contribution in [3.8, 4) is 0 Å². The summed E-state index contributed by atoms with van der Waals surface area (Å²) in [6.45, 7) is 1.82. The number of rotatable bonds is 5. The van der Waals surface area contributed by atoms with Crippen LogP contribution in [0.1, 0.15) is 34.3 Å². The summed E-state index contributed by atoms with van der Waals surface area (Å²) in [5.41, 5.74) is 1.98. The van der Waals surface area contributed by atoms with Crippen molar-refractivity contribution in [2.75, 3.05) is 0 Å². The molecule has 4 heteroatoms. The van der Waals surface area contributed by atoms with E-state index in [1.165, 1.54) is 0 Å². The van der Waals surface area contributed by atoms with E-state index in [4.69, 9.17) is 9.84 Å². The van der Waals surface area contributed by atoms with Gasteiger partial charge in [0.1, 0.15) is 6.61 Å². The molecule has 0 saturated carbocycles. The van der Waals surface area contributed by atoms with Crippen LogP contribution in [0.2, 0.25) is 0 Å². The Morgan fingerprint density at radius 2 is 1.67 bits per heavy atom. The summed E-state index contributed by atoms with van der Waals surface area (Å²) in [6, 6.07) is 15.9. The lowest BCUT2D eigenvalue weighted by Gasteiger charge is -2.08. The van der Waals surface area contributed by atoms with E-state index in [2.05, 4.69) is 0 Å². The van der Waals surface area contributed by atoms with E-state index in [1.54, 1.807) is 31.2 Å². The summed E-state index contributed by atoms with van der Waals surface area (Å²) in [5.74, 6) is -1.91. The first kappa shape index (κ1) is 14.8. The molecule has 0 spiro atoms. The van der Waals surface area contributed by atoms with Crippen molar-refractivity contribution in [2.45, 2.75) is 19.4 Å². The van der Waals surface area contributed by atoms with Crippen LogP contribution >= 0.6 is 0 Å². The van der Waals surface area contributed by atoms with Gasteiger partial charge in [-0.05, 0) is 30.2 Å². The highest BCUT2D eigenvalue weighted by Crippen LogP contribution is 2.16. The van der Waals surface area contributed by atoms with Crippen LogP contribution in [0.15, 0.2) is 54.6 Å². The molecule has 2 rings (SSSR count). The number of aliphatic carboxylic acids is 1. The van der Waals surface area contributed by atoms with Crippen LogP contribution in [0.5, 0.6) is 0 Å². The van der Waals surface area contributed by atoms with Gasteiger partial charge in [0.05, 0.1) is 11.5 Å². The third-order valence-electron chi connectivity index (χ3n) is 3.23. The van der Waals surface area contributed by atoms with Gasteiger partial charge in [0.15, 0.2) is 0 Å². The lowest BCUT2D eigenvalue weighted by atomic mass is 10.0. The van der Waals surface area contributed by atoms with Gasteiger partial charge in [-0.15, -0.1) is 0 Å². The summed E-state index contributed by atoms with van der Waals surface area (Å²) < 4.78 is 5.21. The number of carboxylic acids is 1. The smallest absolute Gasteiger partial charge is 0.338 e. The molecule has 0 heterocycles. The molecule has 0 aliphatic heterocycles. The average Bonchev–Trinajstić information content (AvgIpc) is 2.53. The summed E-state index contributed by atoms with van der Waals surface area (Å²) >= 11 is 0. The summed E-state index contributed by atoms with van der Waals surface area (Å²) in [6.07, 6.45) is 0. The molecule has 0 radical (unpaired) electrons. The van der Waals surface area contributed by atoms with Crippen LogP contribution in [0.3, 0.4) is 0 Å². The van der Waals surface area contributed by atoms with Gasteiger partial charge in [0.2, 0.25) is 0 Å². The van der Waals surface area contributed by atoms with E-state index in [0.717, 1.165) is 5.56 Å². The average molecular weight is 284 g/mol. The molecule has 21 heavy (non-hydrogen) atoms. The fourth-order valence-corrected chi connectivity index (χ4v) is 1.86. The van der Waals surface area contributed by atoms with Crippen molar-refractivity contribution < 1.29 is 19.4 Å². The molecule has 0 amide bonds. The van der Waals surface area contributed by atoms with Crippen molar-refractivity contribution >= 4 is 11.9 Å². The van der Waals surface area contributed by atoms with Crippen molar-refractivity contribution in [3.63, 3.8) is 0 Å². The topological polar surface area (TPSA) is 63.6 Å². The second-order valence-electron chi connectivity index (χ2n) is 4.74. The number of carboxylic acid groups (broad SMARTS) is 1. The Morgan fingerprint density at radius 1 is 1.05 bits per heavy atom. The molecule has 0 aliphatic rings. The second-order valence-corrected chi connectivity index (χ2v) is 4.74. The van der Waals surface area contributed by atoms with E-state index in [1.807, 2.05) is 30.3 Å². The quantitative estimate of drug-likeness (QED) is 0.856. The molecule has 2 aromatic rings. The standard InChI is InChI=1S/C17H16O4/c1-12(16(18)19)14-7-9-15(10-8-14)17(20)21-11-13-5-3-2-4-6-13/h2-10,12H,11H2,1H3,(H,18,19). The SMILES string of the molecule is CC(C(=O)O)c1ccc(C(=O)OCc2ccccc2)cc1. The Hall–Kier alpha value is -2.62. The summed E-state index contributed by atoms with van der Waals surface area (Å²) in [7, 11) is 0. The summed E-state index contributed by atoms with van der Waals surface area (Å²) in [5, 5.41) is 8.93. The molecule has 1 atom stereocenters. The number of benzene rings is 2. The van der Waals surface area contributed by atoms with Crippen LogP contribution < -0.4 is 0 Å². The summed E-state index contributed by atoms with van der Waals surface area (Å²) in [4.78, 5) is 22.8. The Bertz CT molecular complexity index is 617. The molecule has 108 valence electrons. The molecule has 0 saturated heterocycles. The Kier molecular flexibility index (Phi) is 4.72. The minimum atomic E-state index is -0.894. The highest BCUT2D eigenvalue weighted by atomic mass is 16.5. The van der Waals surface area contributed by atoms with Crippen molar-refractivity contribution in [3.05, 3.63) is 71.3 Å². The number of ether oxygens (including phenoxy) is 1. The van der Waals surface area contributed by atoms with Crippen LogP contribution in [0.4, 0.5) is 0 Å². The van der Waals surface area contributed by atoms with E-state index in [-0.39, 0.29) is 6.61 Å². The van der Waals surface area contributed by atoms with Gasteiger partial charge in [-0.2, -0.15) is 0 Å². The molecule has 1 N–H and O–H groups in total. The van der Waals surface area contributed by atoms with E-state index < -0.39 is 17.9 Å². The number of carbonyl (C=O) groups is 2. The first-order chi connectivity index (χ1) is 10.1. The van der Waals surface area contributed by atoms with Gasteiger partial charge in [0.25, 0.3) is 0 Å². The lowest BCUT2D eigenvalue weighted by Crippen LogP contribution is -2.09. The van der Waals surface area contributed by atoms with Gasteiger partial charge < -0.3 is 9.84 Å². The van der Waals surface area contributed by atoms with Crippen molar-refractivity contribution in [1.29, 1.82) is 0 Å². The zero-order valence-corrected chi connectivity index (χ0v) is 11.7. The van der Waals surface area contributed by atoms with Gasteiger partial charge >= 0.3 is 11.9 Å². The zero-order valence-electron chi connectivity index (χ0n) is 11.7. The first-order valence-corrected chi connectivity index (χ1v) is 6.61. The minimum Gasteiger partial charge on any atom is -0.481 e. The Labute approximate surface area is 123 Å². The Balaban J connectivity index is 1.98. The number of carbonyl (C=O) groups excluding carboxylic acids is 1. The molecule has 0 aromatic heterocycles. The largest absolute Gasteiger partial charge is 0.481 e. The van der Waals surface area contributed by atoms with Crippen LogP contribution in [-0.2, 0) is 16.1 Å². The fourth-order valence-electron chi connectivity index (χ4n) is 1.86. The van der Waals surface area contributed by atoms with E-state index >= 15 is 0 Å². The molecule has 0 fully saturated rings. The third-order valence-corrected chi connectivity index (χ3v) is 3.23. The van der Waals surface area contributed by atoms with Crippen LogP contribution in [0.25, 0.3) is 0 Å². The first-order valence-electron chi connectivity index (χ1n) is 6.61. The molecule has 1 unspecified atom stereocenters. The molecule has 4 nitrogen and oxygen atoms in total. The molecule has 0 aliphatic carbocycles. The zero-order chi connectivity index (χ0) is 15.2. The molecular formula is C17H16O4. The number of hydrogen-bond acceptors (Lipinski definition) is 3. The fraction of sp³-hybridized carbons (Fsp3) is 0.176. The molecule has 2 aromatic carbocycles. The van der Waals surface area contributed by atoms with Crippen molar-refractivity contribution in [2.24, 2.45) is 0 Å². The van der Waals surface area contributed by atoms with Gasteiger partial charge in [-0.3, -0.25) is 4.79 Å². The van der Waals surface area contributed by atoms with Gasteiger partial charge in [0, 0.05) is 0 Å². The Morgan fingerprint density at radius 3 is 2.24 bits per heavy atom. The monoisotopic (exact) mass is 284 g/mol. The maximum absolute atomic E-state index is 11.9. The number of esters is 1. The van der Waals surface area contributed by atoms with E-state index in [9.17, 15) is 9.59 Å². The predicted molar refractivity (Wildman–Crippen MR) is 78.1 cm³/mol. The van der Waals surface area contributed by atoms with Crippen LogP contribution in [0, 0.1) is 0 Å². The van der Waals surface area contributed by atoms with Crippen molar-refractivity contribution in [1.82, 2.24) is 0 Å². The van der Waals surface area contributed by atoms with E-state index in [0.29, 0.717) is 11.1 Å². The maximum atomic E-state index is 11.9. The van der Waals surface area contributed by atoms with Gasteiger partial charge in [-0.1, -0.05) is 42.5 Å². The maximum Gasteiger partial charge on any atom is 0.338 e. The minimum absolute atomic E-state index is 0.215. The van der Waals surface area contributed by atoms with Gasteiger partial charge in [-0.25, -0.2) is 4.79 Å². The lowest BCUT2D eigenvalue weighted by molar-refractivity contribution is -0.138. The molecule has 0 bridgehead atoms. The number of hydrogen-bond donors (Lipinski definition) is 1. The third kappa shape index (κ3) is 3.92. The normalized spacial score (nSPS) is 11.7. The molecular weight excluding hydrogens is 268 g/mol. The predicted octanol–water partition coefficient (Wildman–Crippen LogP) is 3.23.